The fraction of sp³-hybridized carbons (Fsp3) is 0.0678. The second-order valence-corrected chi connectivity index (χ2v) is 16.4. The van der Waals surface area contributed by atoms with Crippen molar-refractivity contribution < 1.29 is 44.1 Å². The molecular formula is C59H41N5OPt-2. The maximum Gasteiger partial charge on any atom is 0.268 e. The van der Waals surface area contributed by atoms with Crippen LogP contribution in [-0.4, -0.2) is 14.1 Å². The molecule has 0 atom stereocenters. The number of imidazole rings is 1. The van der Waals surface area contributed by atoms with Gasteiger partial charge in [0.05, 0.1) is 42.1 Å². The molecule has 7 heteroatoms. The summed E-state index contributed by atoms with van der Waals surface area (Å²) >= 11 is 0. The zero-order chi connectivity index (χ0) is 52.8. The molecule has 0 N–H and O–H groups in total. The Morgan fingerprint density at radius 3 is 2.08 bits per heavy atom. The minimum Gasteiger partial charge on any atom is -0.510 e. The van der Waals surface area contributed by atoms with Crippen molar-refractivity contribution in [1.82, 2.24) is 14.1 Å². The van der Waals surface area contributed by atoms with Crippen LogP contribution in [0.3, 0.4) is 0 Å². The van der Waals surface area contributed by atoms with Gasteiger partial charge in [-0.1, -0.05) is 160 Å². The summed E-state index contributed by atoms with van der Waals surface area (Å²) in [6.07, 6.45) is 5.21. The maximum absolute atomic E-state index is 9.97. The molecule has 11 rings (SSSR count). The van der Waals surface area contributed by atoms with Crippen LogP contribution in [0.2, 0.25) is 0 Å². The van der Waals surface area contributed by atoms with Gasteiger partial charge in [0, 0.05) is 44.3 Å². The fourth-order valence-corrected chi connectivity index (χ4v) is 8.34. The molecular weight excluding hydrogens is 990 g/mol. The quantitative estimate of drug-likeness (QED) is 0.113. The van der Waals surface area contributed by atoms with E-state index in [0.717, 1.165) is 33.0 Å². The van der Waals surface area contributed by atoms with Gasteiger partial charge in [0.1, 0.15) is 5.82 Å². The third-order valence-electron chi connectivity index (χ3n) is 11.4. The van der Waals surface area contributed by atoms with Crippen molar-refractivity contribution in [1.29, 1.82) is 5.26 Å². The Balaban J connectivity index is 0.00000657. The molecule has 0 aliphatic rings. The van der Waals surface area contributed by atoms with Gasteiger partial charge in [0.25, 0.3) is 6.33 Å². The molecule has 3 aromatic heterocycles. The van der Waals surface area contributed by atoms with E-state index < -0.39 is 60.4 Å². The minimum absolute atomic E-state index is 0. The average Bonchev–Trinajstić information content (AvgIpc) is 3.98. The van der Waals surface area contributed by atoms with Crippen molar-refractivity contribution in [3.63, 3.8) is 0 Å². The van der Waals surface area contributed by atoms with E-state index in [-0.39, 0.29) is 54.4 Å². The molecule has 0 radical (unpaired) electrons. The first kappa shape index (κ1) is 31.9. The molecule has 8 aromatic carbocycles. The summed E-state index contributed by atoms with van der Waals surface area (Å²) in [6.45, 7) is 6.46. The number of fused-ring (bicyclic) bond motifs is 4. The molecule has 3 heterocycles. The number of ether oxygens (including phenoxy) is 1. The van der Waals surface area contributed by atoms with E-state index in [1.165, 1.54) is 0 Å². The molecule has 320 valence electrons. The van der Waals surface area contributed by atoms with Crippen LogP contribution in [0, 0.1) is 29.8 Å². The third kappa shape index (κ3) is 7.58. The number of benzene rings is 8. The number of nitrogens with zero attached hydrogens (tertiary/aromatic N) is 5. The van der Waals surface area contributed by atoms with Crippen molar-refractivity contribution in [2.45, 2.75) is 26.2 Å². The molecule has 0 aliphatic carbocycles. The van der Waals surface area contributed by atoms with Crippen molar-refractivity contribution in [2.24, 2.45) is 0 Å². The zero-order valence-corrected chi connectivity index (χ0v) is 37.9. The van der Waals surface area contributed by atoms with Crippen molar-refractivity contribution in [3.8, 4) is 68.1 Å². The van der Waals surface area contributed by atoms with E-state index in [9.17, 15) is 5.26 Å². The SMILES string of the molecule is [2H]c1c([2H])c([2H])c(-c2cccc(-c3c([2H])c([2H])c([2H])c([2H])c3[2H])c2-[n+]2[c-]n(-c3[c-]c(Oc4[c-]c5c(cc4)c4cc(-c6ccccc6C#N)ccc4n5-c4cc(C(C)(C)C)ccn4)ccc3)c3ccccc32)c([2H])c1[2H].[Pt]. The minimum atomic E-state index is -0.582. The molecule has 11 aromatic rings. The summed E-state index contributed by atoms with van der Waals surface area (Å²) < 4.78 is 99.1. The molecule has 0 aliphatic heterocycles. The van der Waals surface area contributed by atoms with Crippen LogP contribution in [0.1, 0.15) is 45.6 Å². The summed E-state index contributed by atoms with van der Waals surface area (Å²) in [4.78, 5) is 4.85. The standard InChI is InChI=1S/C59H41N5O.Pt/c1-59(2,3)44-32-33-61-57(35-44)64-53-31-28-42(48-23-11-10-20-43(48)38-60)34-52(53)51-30-29-47(37-56(51)64)65-46-22-14-21-45(36-46)62-39-63(55-27-13-12-26-54(55)62)58-49(40-16-6-4-7-17-40)24-15-25-50(58)41-18-8-5-9-19-41;/h4-35H,1-3H3;/q-2;/i4D,5D,6D,7D,8D,9D,16D,17D,18D,19D;. The summed E-state index contributed by atoms with van der Waals surface area (Å²) in [5.74, 6) is 1.40. The number of para-hydroxylation sites is 3. The van der Waals surface area contributed by atoms with Gasteiger partial charge in [-0.25, -0.2) is 4.98 Å². The second kappa shape index (κ2) is 17.3. The molecule has 0 bridgehead atoms. The number of rotatable bonds is 8. The number of hydrogen-bond acceptors (Lipinski definition) is 3. The maximum atomic E-state index is 9.97. The predicted molar refractivity (Wildman–Crippen MR) is 260 cm³/mol. The Morgan fingerprint density at radius 1 is 0.652 bits per heavy atom. The van der Waals surface area contributed by atoms with E-state index in [1.807, 2.05) is 66.9 Å². The fourth-order valence-electron chi connectivity index (χ4n) is 8.34. The summed E-state index contributed by atoms with van der Waals surface area (Å²) in [6, 6.07) is 42.8. The molecule has 0 unspecified atom stereocenters. The molecule has 0 spiro atoms. The van der Waals surface area contributed by atoms with E-state index >= 15 is 0 Å². The normalized spacial score (nSPS) is 13.5. The van der Waals surface area contributed by atoms with Crippen LogP contribution in [0.5, 0.6) is 11.5 Å². The Morgan fingerprint density at radius 2 is 1.33 bits per heavy atom. The van der Waals surface area contributed by atoms with E-state index in [1.54, 1.807) is 63.7 Å². The van der Waals surface area contributed by atoms with Gasteiger partial charge in [-0.15, -0.1) is 29.7 Å². The van der Waals surface area contributed by atoms with Crippen LogP contribution in [0.15, 0.2) is 194 Å². The first-order valence-electron chi connectivity index (χ1n) is 25.9. The molecule has 0 amide bonds. The summed E-state index contributed by atoms with van der Waals surface area (Å²) in [7, 11) is 0. The first-order valence-corrected chi connectivity index (χ1v) is 20.9. The van der Waals surface area contributed by atoms with Crippen molar-refractivity contribution in [2.75, 3.05) is 0 Å². The number of hydrogen-bond donors (Lipinski definition) is 0. The molecule has 0 fully saturated rings. The number of aromatic nitrogens is 4. The first-order chi connectivity index (χ1) is 36.0. The average molecular weight is 1040 g/mol. The Kier molecular flexibility index (Phi) is 8.35. The van der Waals surface area contributed by atoms with Gasteiger partial charge in [-0.05, 0) is 79.7 Å². The third-order valence-corrected chi connectivity index (χ3v) is 11.4. The van der Waals surface area contributed by atoms with E-state index in [2.05, 4.69) is 62.0 Å². The second-order valence-electron chi connectivity index (χ2n) is 16.4. The number of pyridine rings is 1. The molecule has 0 saturated heterocycles. The Labute approximate surface area is 412 Å². The van der Waals surface area contributed by atoms with Gasteiger partial charge in [0.15, 0.2) is 0 Å². The monoisotopic (exact) mass is 1040 g/mol. The van der Waals surface area contributed by atoms with Crippen LogP contribution >= 0.6 is 0 Å². The largest absolute Gasteiger partial charge is 0.510 e. The van der Waals surface area contributed by atoms with Crippen LogP contribution in [0.25, 0.3) is 83.4 Å². The molecule has 66 heavy (non-hydrogen) atoms. The molecule has 0 saturated carbocycles. The summed E-state index contributed by atoms with van der Waals surface area (Å²) in [5, 5.41) is 11.8. The van der Waals surface area contributed by atoms with Gasteiger partial charge in [-0.2, -0.15) is 23.5 Å². The summed E-state index contributed by atoms with van der Waals surface area (Å²) in [5.41, 5.74) is 6.49. The van der Waals surface area contributed by atoms with Gasteiger partial charge in [-0.3, -0.25) is 4.57 Å². The van der Waals surface area contributed by atoms with E-state index in [4.69, 9.17) is 23.4 Å². The van der Waals surface area contributed by atoms with Gasteiger partial charge >= 0.3 is 0 Å². The Hall–Kier alpha value is -7.84. The van der Waals surface area contributed by atoms with Crippen LogP contribution in [0.4, 0.5) is 0 Å². The smallest absolute Gasteiger partial charge is 0.268 e. The number of nitriles is 1. The van der Waals surface area contributed by atoms with E-state index in [0.29, 0.717) is 45.1 Å². The van der Waals surface area contributed by atoms with Crippen LogP contribution < -0.4 is 9.30 Å². The van der Waals surface area contributed by atoms with Crippen molar-refractivity contribution in [3.05, 3.63) is 224 Å². The predicted octanol–water partition coefficient (Wildman–Crippen LogP) is 13.8. The van der Waals surface area contributed by atoms with Gasteiger partial charge < -0.3 is 13.9 Å². The van der Waals surface area contributed by atoms with Crippen molar-refractivity contribution >= 4 is 32.8 Å². The van der Waals surface area contributed by atoms with Crippen LogP contribution in [-0.2, 0) is 26.5 Å². The topological polar surface area (TPSA) is 59.6 Å². The Bertz CT molecular complexity index is 4110. The van der Waals surface area contributed by atoms with Gasteiger partial charge in [0.2, 0.25) is 0 Å². The zero-order valence-electron chi connectivity index (χ0n) is 45.7. The molecule has 6 nitrogen and oxygen atoms in total.